The van der Waals surface area contributed by atoms with Crippen molar-refractivity contribution in [3.05, 3.63) is 64.7 Å². The number of hydrogen-bond acceptors (Lipinski definition) is 2. The highest BCUT2D eigenvalue weighted by Gasteiger charge is 2.31. The van der Waals surface area contributed by atoms with Crippen molar-refractivity contribution in [1.29, 1.82) is 0 Å². The van der Waals surface area contributed by atoms with E-state index < -0.39 is 0 Å². The number of fused-ring (bicyclic) bond motifs is 1. The van der Waals surface area contributed by atoms with E-state index in [0.717, 1.165) is 35.3 Å². The molecule has 0 aromatic heterocycles. The van der Waals surface area contributed by atoms with Gasteiger partial charge in [0.25, 0.3) is 0 Å². The SMILES string of the molecule is CCc1ccc(CC)c(C(=O)C2COc3ccccc32)c1. The van der Waals surface area contributed by atoms with E-state index in [4.69, 9.17) is 4.74 Å². The summed E-state index contributed by atoms with van der Waals surface area (Å²) in [4.78, 5) is 13.0. The molecule has 0 amide bonds. The molecule has 0 aliphatic carbocycles. The molecule has 1 aliphatic heterocycles. The first-order valence-corrected chi connectivity index (χ1v) is 7.62. The van der Waals surface area contributed by atoms with Crippen molar-refractivity contribution < 1.29 is 9.53 Å². The van der Waals surface area contributed by atoms with E-state index in [2.05, 4.69) is 32.0 Å². The molecule has 3 rings (SSSR count). The van der Waals surface area contributed by atoms with Gasteiger partial charge in [-0.2, -0.15) is 0 Å². The highest BCUT2D eigenvalue weighted by Crippen LogP contribution is 2.36. The largest absolute Gasteiger partial charge is 0.492 e. The van der Waals surface area contributed by atoms with E-state index >= 15 is 0 Å². The van der Waals surface area contributed by atoms with E-state index in [1.54, 1.807) is 0 Å². The molecule has 2 nitrogen and oxygen atoms in total. The van der Waals surface area contributed by atoms with Gasteiger partial charge in [0, 0.05) is 11.1 Å². The van der Waals surface area contributed by atoms with Crippen LogP contribution in [0.4, 0.5) is 0 Å². The molecular formula is C19H20O2. The van der Waals surface area contributed by atoms with E-state index in [0.29, 0.717) is 6.61 Å². The fraction of sp³-hybridized carbons (Fsp3) is 0.316. The Bertz CT molecular complexity index is 673. The average Bonchev–Trinajstić information content (AvgIpc) is 2.97. The first kappa shape index (κ1) is 13.9. The molecular weight excluding hydrogens is 260 g/mol. The van der Waals surface area contributed by atoms with Crippen molar-refractivity contribution in [3.63, 3.8) is 0 Å². The fourth-order valence-electron chi connectivity index (χ4n) is 2.95. The predicted octanol–water partition coefficient (Wildman–Crippen LogP) is 4.17. The summed E-state index contributed by atoms with van der Waals surface area (Å²) in [5, 5.41) is 0. The molecule has 21 heavy (non-hydrogen) atoms. The van der Waals surface area contributed by atoms with Crippen molar-refractivity contribution in [2.24, 2.45) is 0 Å². The van der Waals surface area contributed by atoms with Crippen LogP contribution >= 0.6 is 0 Å². The number of ether oxygens (including phenoxy) is 1. The smallest absolute Gasteiger partial charge is 0.174 e. The minimum atomic E-state index is -0.168. The summed E-state index contributed by atoms with van der Waals surface area (Å²) in [6.45, 7) is 4.66. The second-order valence-corrected chi connectivity index (χ2v) is 5.46. The Morgan fingerprint density at radius 1 is 1.14 bits per heavy atom. The summed E-state index contributed by atoms with van der Waals surface area (Å²) < 4.78 is 5.66. The standard InChI is InChI=1S/C19H20O2/c1-3-13-9-10-14(4-2)16(11-13)19(20)17-12-21-18-8-6-5-7-15(17)18/h5-11,17H,3-4,12H2,1-2H3. The molecule has 2 aromatic rings. The van der Waals surface area contributed by atoms with Crippen LogP contribution in [0.25, 0.3) is 0 Å². The van der Waals surface area contributed by atoms with E-state index in [1.165, 1.54) is 5.56 Å². The van der Waals surface area contributed by atoms with Gasteiger partial charge in [0.2, 0.25) is 0 Å². The van der Waals surface area contributed by atoms with Crippen molar-refractivity contribution in [3.8, 4) is 5.75 Å². The Kier molecular flexibility index (Phi) is 3.78. The molecule has 1 heterocycles. The van der Waals surface area contributed by atoms with Gasteiger partial charge in [0.05, 0.1) is 5.92 Å². The normalized spacial score (nSPS) is 16.4. The summed E-state index contributed by atoms with van der Waals surface area (Å²) in [6, 6.07) is 14.1. The van der Waals surface area contributed by atoms with Crippen LogP contribution in [0.2, 0.25) is 0 Å². The third-order valence-electron chi connectivity index (χ3n) is 4.25. The lowest BCUT2D eigenvalue weighted by Crippen LogP contribution is -2.16. The first-order chi connectivity index (χ1) is 10.2. The van der Waals surface area contributed by atoms with Crippen LogP contribution in [-0.4, -0.2) is 12.4 Å². The number of carbonyl (C=O) groups is 1. The maximum absolute atomic E-state index is 13.0. The highest BCUT2D eigenvalue weighted by molar-refractivity contribution is 6.03. The van der Waals surface area contributed by atoms with Crippen molar-refractivity contribution in [2.75, 3.05) is 6.61 Å². The molecule has 0 fully saturated rings. The molecule has 0 saturated carbocycles. The number of rotatable bonds is 4. The number of aryl methyl sites for hydroxylation is 2. The topological polar surface area (TPSA) is 26.3 Å². The van der Waals surface area contributed by atoms with Gasteiger partial charge < -0.3 is 4.74 Å². The third kappa shape index (κ3) is 2.46. The number of benzene rings is 2. The molecule has 0 saturated heterocycles. The molecule has 0 N–H and O–H groups in total. The van der Waals surface area contributed by atoms with Crippen molar-refractivity contribution in [2.45, 2.75) is 32.6 Å². The molecule has 0 radical (unpaired) electrons. The number of Topliss-reactive ketones (excluding diaryl/α,β-unsaturated/α-hetero) is 1. The molecule has 0 bridgehead atoms. The summed E-state index contributed by atoms with van der Waals surface area (Å²) >= 11 is 0. The number of carbonyl (C=O) groups excluding carboxylic acids is 1. The van der Waals surface area contributed by atoms with E-state index in [-0.39, 0.29) is 11.7 Å². The molecule has 1 unspecified atom stereocenters. The second kappa shape index (κ2) is 5.72. The van der Waals surface area contributed by atoms with Crippen LogP contribution in [0.1, 0.15) is 46.8 Å². The minimum absolute atomic E-state index is 0.168. The zero-order valence-electron chi connectivity index (χ0n) is 12.6. The van der Waals surface area contributed by atoms with Gasteiger partial charge in [-0.05, 0) is 36.1 Å². The average molecular weight is 280 g/mol. The fourth-order valence-corrected chi connectivity index (χ4v) is 2.95. The van der Waals surface area contributed by atoms with Crippen LogP contribution in [0.3, 0.4) is 0 Å². The van der Waals surface area contributed by atoms with Gasteiger partial charge in [-0.15, -0.1) is 0 Å². The lowest BCUT2D eigenvalue weighted by Gasteiger charge is -2.13. The maximum atomic E-state index is 13.0. The van der Waals surface area contributed by atoms with Crippen LogP contribution < -0.4 is 4.74 Å². The Morgan fingerprint density at radius 3 is 2.71 bits per heavy atom. The summed E-state index contributed by atoms with van der Waals surface area (Å²) in [6.07, 6.45) is 1.82. The van der Waals surface area contributed by atoms with Gasteiger partial charge in [-0.3, -0.25) is 4.79 Å². The second-order valence-electron chi connectivity index (χ2n) is 5.46. The Morgan fingerprint density at radius 2 is 1.95 bits per heavy atom. The minimum Gasteiger partial charge on any atom is -0.492 e. The molecule has 2 aromatic carbocycles. The lowest BCUT2D eigenvalue weighted by atomic mass is 9.88. The predicted molar refractivity (Wildman–Crippen MR) is 84.2 cm³/mol. The van der Waals surface area contributed by atoms with E-state index in [9.17, 15) is 4.79 Å². The number of hydrogen-bond donors (Lipinski definition) is 0. The van der Waals surface area contributed by atoms with Gasteiger partial charge >= 0.3 is 0 Å². The maximum Gasteiger partial charge on any atom is 0.174 e. The Balaban J connectivity index is 2.00. The first-order valence-electron chi connectivity index (χ1n) is 7.62. The van der Waals surface area contributed by atoms with Gasteiger partial charge in [-0.25, -0.2) is 0 Å². The van der Waals surface area contributed by atoms with Gasteiger partial charge in [0.1, 0.15) is 12.4 Å². The zero-order chi connectivity index (χ0) is 14.8. The molecule has 108 valence electrons. The summed E-state index contributed by atoms with van der Waals surface area (Å²) in [7, 11) is 0. The van der Waals surface area contributed by atoms with Gasteiger partial charge in [-0.1, -0.05) is 44.2 Å². The number of ketones is 1. The summed E-state index contributed by atoms with van der Waals surface area (Å²) in [5.41, 5.74) is 4.22. The summed E-state index contributed by atoms with van der Waals surface area (Å²) in [5.74, 6) is 0.867. The lowest BCUT2D eigenvalue weighted by molar-refractivity contribution is 0.0946. The molecule has 2 heteroatoms. The highest BCUT2D eigenvalue weighted by atomic mass is 16.5. The van der Waals surface area contributed by atoms with E-state index in [1.807, 2.05) is 24.3 Å². The van der Waals surface area contributed by atoms with Gasteiger partial charge in [0.15, 0.2) is 5.78 Å². The van der Waals surface area contributed by atoms with Crippen LogP contribution in [0.5, 0.6) is 5.75 Å². The van der Waals surface area contributed by atoms with Crippen molar-refractivity contribution in [1.82, 2.24) is 0 Å². The monoisotopic (exact) mass is 280 g/mol. The van der Waals surface area contributed by atoms with Crippen molar-refractivity contribution >= 4 is 5.78 Å². The van der Waals surface area contributed by atoms with Crippen LogP contribution in [0.15, 0.2) is 42.5 Å². The zero-order valence-corrected chi connectivity index (χ0v) is 12.6. The molecule has 1 atom stereocenters. The quantitative estimate of drug-likeness (QED) is 0.786. The Hall–Kier alpha value is -2.09. The van der Waals surface area contributed by atoms with Crippen LogP contribution in [-0.2, 0) is 12.8 Å². The van der Waals surface area contributed by atoms with Crippen LogP contribution in [0, 0.1) is 0 Å². The Labute approximate surface area is 125 Å². The molecule has 1 aliphatic rings. The number of para-hydroxylation sites is 1. The third-order valence-corrected chi connectivity index (χ3v) is 4.25. The molecule has 0 spiro atoms.